The highest BCUT2D eigenvalue weighted by Gasteiger charge is 2.17. The zero-order valence-corrected chi connectivity index (χ0v) is 12.2. The third-order valence-electron chi connectivity index (χ3n) is 2.22. The van der Waals surface area contributed by atoms with Crippen LogP contribution in [-0.2, 0) is 4.79 Å². The number of hydrogen-bond acceptors (Lipinski definition) is 5. The number of fused-ring (bicyclic) bond motifs is 1. The Bertz CT molecular complexity index is 644. The fourth-order valence-corrected chi connectivity index (χ4v) is 3.72. The summed E-state index contributed by atoms with van der Waals surface area (Å²) in [4.78, 5) is 26.5. The number of thioether (sulfide) groups is 1. The third-order valence-corrected chi connectivity index (χ3v) is 4.69. The number of carbonyl (C=O) groups is 2. The first-order valence-electron chi connectivity index (χ1n) is 5.29. The van der Waals surface area contributed by atoms with Gasteiger partial charge < -0.3 is 5.73 Å². The van der Waals surface area contributed by atoms with Gasteiger partial charge in [-0.15, -0.1) is 11.3 Å². The van der Waals surface area contributed by atoms with Gasteiger partial charge in [0.05, 0.1) is 15.5 Å². The molecule has 1 heterocycles. The molecule has 3 amide bonds. The molecule has 1 atom stereocenters. The summed E-state index contributed by atoms with van der Waals surface area (Å²) in [5.74, 6) is -0.435. The lowest BCUT2D eigenvalue weighted by molar-refractivity contribution is -0.119. The minimum Gasteiger partial charge on any atom is -0.351 e. The van der Waals surface area contributed by atoms with Crippen molar-refractivity contribution in [1.29, 1.82) is 0 Å². The maximum atomic E-state index is 11.6. The summed E-state index contributed by atoms with van der Waals surface area (Å²) in [5, 5.41) is 2.20. The van der Waals surface area contributed by atoms with Crippen LogP contribution >= 0.6 is 34.7 Å². The third kappa shape index (κ3) is 3.59. The average molecular weight is 316 g/mol. The lowest BCUT2D eigenvalue weighted by Gasteiger charge is -2.06. The van der Waals surface area contributed by atoms with Crippen molar-refractivity contribution in [2.75, 3.05) is 0 Å². The lowest BCUT2D eigenvalue weighted by atomic mass is 10.3. The molecule has 0 fully saturated rings. The Kier molecular flexibility index (Phi) is 4.28. The number of amides is 3. The summed E-state index contributed by atoms with van der Waals surface area (Å²) >= 11 is 8.62. The number of nitrogens with two attached hydrogens (primary N) is 1. The van der Waals surface area contributed by atoms with Crippen LogP contribution in [0.5, 0.6) is 0 Å². The van der Waals surface area contributed by atoms with Crippen LogP contribution in [0.25, 0.3) is 10.2 Å². The first kappa shape index (κ1) is 14.1. The Morgan fingerprint density at radius 3 is 2.95 bits per heavy atom. The number of nitrogens with one attached hydrogen (secondary N) is 1. The van der Waals surface area contributed by atoms with E-state index in [4.69, 9.17) is 17.3 Å². The van der Waals surface area contributed by atoms with Gasteiger partial charge in [-0.1, -0.05) is 23.4 Å². The van der Waals surface area contributed by atoms with Crippen molar-refractivity contribution in [3.63, 3.8) is 0 Å². The zero-order valence-electron chi connectivity index (χ0n) is 9.84. The minimum atomic E-state index is -0.853. The van der Waals surface area contributed by atoms with Gasteiger partial charge in [-0.25, -0.2) is 9.78 Å². The van der Waals surface area contributed by atoms with E-state index in [9.17, 15) is 9.59 Å². The van der Waals surface area contributed by atoms with Gasteiger partial charge in [0.25, 0.3) is 0 Å². The number of urea groups is 1. The number of benzene rings is 1. The molecule has 100 valence electrons. The summed E-state index contributed by atoms with van der Waals surface area (Å²) in [7, 11) is 0. The minimum absolute atomic E-state index is 0.435. The molecule has 0 aliphatic rings. The number of aromatic nitrogens is 1. The summed E-state index contributed by atoms with van der Waals surface area (Å²) in [6.45, 7) is 1.68. The molecule has 0 saturated heterocycles. The number of imide groups is 1. The van der Waals surface area contributed by atoms with Gasteiger partial charge in [0, 0.05) is 5.02 Å². The predicted octanol–water partition coefficient (Wildman–Crippen LogP) is 2.63. The van der Waals surface area contributed by atoms with Crippen LogP contribution in [-0.4, -0.2) is 22.2 Å². The Hall–Kier alpha value is -1.31. The molecule has 2 rings (SSSR count). The monoisotopic (exact) mass is 315 g/mol. The summed E-state index contributed by atoms with van der Waals surface area (Å²) in [6, 6.07) is 4.59. The first-order valence-corrected chi connectivity index (χ1v) is 7.36. The van der Waals surface area contributed by atoms with E-state index in [0.29, 0.717) is 5.02 Å². The number of rotatable bonds is 3. The summed E-state index contributed by atoms with van der Waals surface area (Å²) in [5.41, 5.74) is 5.69. The van der Waals surface area contributed by atoms with Gasteiger partial charge in [-0.2, -0.15) is 0 Å². The Labute approximate surface area is 122 Å². The van der Waals surface area contributed by atoms with Crippen molar-refractivity contribution in [3.05, 3.63) is 23.2 Å². The van der Waals surface area contributed by atoms with Crippen LogP contribution in [0.15, 0.2) is 22.5 Å². The molecule has 0 spiro atoms. The van der Waals surface area contributed by atoms with E-state index in [0.717, 1.165) is 14.6 Å². The predicted molar refractivity (Wildman–Crippen MR) is 77.7 cm³/mol. The van der Waals surface area contributed by atoms with Crippen molar-refractivity contribution in [3.8, 4) is 0 Å². The molecule has 2 aromatic rings. The van der Waals surface area contributed by atoms with E-state index >= 15 is 0 Å². The lowest BCUT2D eigenvalue weighted by Crippen LogP contribution is -2.39. The number of halogens is 1. The van der Waals surface area contributed by atoms with E-state index < -0.39 is 17.2 Å². The molecule has 0 bridgehead atoms. The standard InChI is InChI=1S/C11H10ClN3O2S2/c1-5(9(16)15-10(13)17)18-11-14-7-4-6(12)2-3-8(7)19-11/h2-5H,1H3,(H3,13,15,16,17)/t5-/m0/s1. The van der Waals surface area contributed by atoms with Crippen molar-refractivity contribution in [2.45, 2.75) is 16.5 Å². The molecule has 0 aliphatic carbocycles. The molecule has 3 N–H and O–H groups in total. The summed E-state index contributed by atoms with van der Waals surface area (Å²) < 4.78 is 1.73. The Morgan fingerprint density at radius 2 is 2.26 bits per heavy atom. The van der Waals surface area contributed by atoms with Crippen molar-refractivity contribution in [1.82, 2.24) is 10.3 Å². The molecule has 0 saturated carbocycles. The average Bonchev–Trinajstić information content (AvgIpc) is 2.69. The molecule has 0 unspecified atom stereocenters. The largest absolute Gasteiger partial charge is 0.351 e. The number of nitrogens with zero attached hydrogens (tertiary/aromatic N) is 1. The van der Waals surface area contributed by atoms with E-state index in [1.807, 2.05) is 11.4 Å². The SMILES string of the molecule is C[C@H](Sc1nc2cc(Cl)ccc2s1)C(=O)NC(N)=O. The topological polar surface area (TPSA) is 85.1 Å². The zero-order chi connectivity index (χ0) is 14.0. The van der Waals surface area contributed by atoms with Crippen molar-refractivity contribution in [2.24, 2.45) is 5.73 Å². The van der Waals surface area contributed by atoms with Crippen LogP contribution in [0, 0.1) is 0 Å². The van der Waals surface area contributed by atoms with Crippen LogP contribution in [0.3, 0.4) is 0 Å². The molecule has 0 radical (unpaired) electrons. The molecular formula is C11H10ClN3O2S2. The van der Waals surface area contributed by atoms with Gasteiger partial charge in [-0.05, 0) is 25.1 Å². The second kappa shape index (κ2) is 5.77. The van der Waals surface area contributed by atoms with Crippen LogP contribution in [0.2, 0.25) is 5.02 Å². The fraction of sp³-hybridized carbons (Fsp3) is 0.182. The van der Waals surface area contributed by atoms with Gasteiger partial charge in [0.2, 0.25) is 5.91 Å². The maximum Gasteiger partial charge on any atom is 0.318 e. The normalized spacial score (nSPS) is 12.3. The quantitative estimate of drug-likeness (QED) is 0.853. The number of carbonyl (C=O) groups excluding carboxylic acids is 2. The highest BCUT2D eigenvalue weighted by Crippen LogP contribution is 2.33. The number of hydrogen-bond donors (Lipinski definition) is 2. The van der Waals surface area contributed by atoms with E-state index in [1.165, 1.54) is 23.1 Å². The first-order chi connectivity index (χ1) is 8.95. The molecule has 8 heteroatoms. The maximum absolute atomic E-state index is 11.6. The molecular weight excluding hydrogens is 306 g/mol. The summed E-state index contributed by atoms with van der Waals surface area (Å²) in [6.07, 6.45) is 0. The van der Waals surface area contributed by atoms with Crippen molar-refractivity contribution < 1.29 is 9.59 Å². The van der Waals surface area contributed by atoms with Gasteiger partial charge >= 0.3 is 6.03 Å². The van der Waals surface area contributed by atoms with Gasteiger partial charge in [0.15, 0.2) is 4.34 Å². The van der Waals surface area contributed by atoms with Crippen LogP contribution < -0.4 is 11.1 Å². The van der Waals surface area contributed by atoms with E-state index in [1.54, 1.807) is 19.1 Å². The van der Waals surface area contributed by atoms with E-state index in [2.05, 4.69) is 4.98 Å². The smallest absolute Gasteiger partial charge is 0.318 e. The fourth-order valence-electron chi connectivity index (χ4n) is 1.36. The Morgan fingerprint density at radius 1 is 1.53 bits per heavy atom. The van der Waals surface area contributed by atoms with Gasteiger partial charge in [-0.3, -0.25) is 10.1 Å². The number of thiazole rings is 1. The van der Waals surface area contributed by atoms with Gasteiger partial charge in [0.1, 0.15) is 0 Å². The molecule has 1 aromatic carbocycles. The number of primary amides is 1. The molecule has 19 heavy (non-hydrogen) atoms. The Balaban J connectivity index is 2.12. The molecule has 1 aromatic heterocycles. The molecule has 5 nitrogen and oxygen atoms in total. The highest BCUT2D eigenvalue weighted by atomic mass is 35.5. The second-order valence-electron chi connectivity index (χ2n) is 3.71. The second-order valence-corrected chi connectivity index (χ2v) is 6.76. The van der Waals surface area contributed by atoms with Crippen LogP contribution in [0.4, 0.5) is 4.79 Å². The highest BCUT2D eigenvalue weighted by molar-refractivity contribution is 8.02. The molecule has 0 aliphatic heterocycles. The van der Waals surface area contributed by atoms with E-state index in [-0.39, 0.29) is 0 Å². The van der Waals surface area contributed by atoms with Crippen LogP contribution in [0.1, 0.15) is 6.92 Å². The van der Waals surface area contributed by atoms with Crippen molar-refractivity contribution >= 4 is 56.9 Å².